The van der Waals surface area contributed by atoms with E-state index in [1.54, 1.807) is 0 Å². The van der Waals surface area contributed by atoms with E-state index in [9.17, 15) is 0 Å². The maximum absolute atomic E-state index is 2.52. The topological polar surface area (TPSA) is 12.5 Å². The molecule has 0 saturated heterocycles. The summed E-state index contributed by atoms with van der Waals surface area (Å²) in [6, 6.07) is 71.7. The Morgan fingerprint density at radius 1 is 0.312 bits per heavy atom. The van der Waals surface area contributed by atoms with Gasteiger partial charge in [0.25, 0.3) is 0 Å². The van der Waals surface area contributed by atoms with E-state index in [1.165, 1.54) is 101 Å². The first kappa shape index (κ1) is 35.3. The third kappa shape index (κ3) is 4.93. The number of fused-ring (bicyclic) bond motifs is 10. The fourth-order valence-electron chi connectivity index (χ4n) is 11.4. The number of nitrogens with zero attached hydrogens (tertiary/aromatic N) is 4. The summed E-state index contributed by atoms with van der Waals surface area (Å²) in [5.41, 5.74) is 24.8. The van der Waals surface area contributed by atoms with Crippen LogP contribution in [0.25, 0.3) is 44.5 Å². The quantitative estimate of drug-likeness (QED) is 0.160. The van der Waals surface area contributed by atoms with E-state index < -0.39 is 0 Å². The van der Waals surface area contributed by atoms with Crippen molar-refractivity contribution in [1.82, 2.24) is 9.15 Å². The van der Waals surface area contributed by atoms with Gasteiger partial charge >= 0.3 is 0 Å². The lowest BCUT2D eigenvalue weighted by Gasteiger charge is -2.32. The number of allylic oxidation sites excluding steroid dienone is 4. The molecule has 4 aliphatic heterocycles. The van der Waals surface area contributed by atoms with Gasteiger partial charge in [-0.1, -0.05) is 133 Å². The summed E-state index contributed by atoms with van der Waals surface area (Å²) >= 11 is 0. The maximum Gasteiger partial charge on any atom is 0.235 e. The summed E-state index contributed by atoms with van der Waals surface area (Å²) in [5, 5.41) is 0. The average molecular weight is 817 g/mol. The standard InChI is InChI=1S/C60H40N4/c1-3-17-45(43(15-1)39-31-35-41(36-32-39)61-53-25-9-11-27-55(53)63-51-23-7-5-19-47(51)49-21-13-29-57(61)59(49)63)46-18-4-2-16-44(46)40-33-37-42(38-34-40)62-54-26-10-12-28-56(54)64-52-24-8-6-20-48(52)50-22-14-30-58(62)60(50)64/h1-38,59-60H/q+2. The molecule has 14 rings (SSSR count). The van der Waals surface area contributed by atoms with Crippen molar-refractivity contribution in [2.45, 2.75) is 12.1 Å². The van der Waals surface area contributed by atoms with Crippen LogP contribution in [0.5, 0.6) is 0 Å². The lowest BCUT2D eigenvalue weighted by molar-refractivity contribution is 0.931. The Morgan fingerprint density at radius 2 is 0.656 bits per heavy atom. The van der Waals surface area contributed by atoms with Crippen molar-refractivity contribution in [3.05, 3.63) is 242 Å². The van der Waals surface area contributed by atoms with Crippen molar-refractivity contribution in [3.63, 3.8) is 0 Å². The Morgan fingerprint density at radius 3 is 1.08 bits per heavy atom. The highest BCUT2D eigenvalue weighted by atomic mass is 15.3. The zero-order chi connectivity index (χ0) is 41.9. The van der Waals surface area contributed by atoms with E-state index in [1.807, 2.05) is 0 Å². The molecule has 0 aromatic heterocycles. The van der Waals surface area contributed by atoms with E-state index in [4.69, 9.17) is 0 Å². The van der Waals surface area contributed by atoms with Gasteiger partial charge in [-0.15, -0.1) is 0 Å². The molecule has 0 amide bonds. The Hall–Kier alpha value is -8.34. The van der Waals surface area contributed by atoms with Gasteiger partial charge in [0.15, 0.2) is 0 Å². The van der Waals surface area contributed by atoms with Gasteiger partial charge in [0.05, 0.1) is 11.4 Å². The van der Waals surface area contributed by atoms with Crippen LogP contribution in [0, 0.1) is 0 Å². The Labute approximate surface area is 372 Å². The zero-order valence-corrected chi connectivity index (χ0v) is 34.9. The molecule has 0 radical (unpaired) electrons. The monoisotopic (exact) mass is 816 g/mol. The van der Waals surface area contributed by atoms with E-state index in [2.05, 4.69) is 250 Å². The van der Waals surface area contributed by atoms with Crippen molar-refractivity contribution in [3.8, 4) is 33.4 Å². The molecule has 8 aromatic carbocycles. The third-order valence-electron chi connectivity index (χ3n) is 14.0. The van der Waals surface area contributed by atoms with Gasteiger partial charge < -0.3 is 9.80 Å². The molecule has 0 spiro atoms. The van der Waals surface area contributed by atoms with Crippen LogP contribution >= 0.6 is 0 Å². The smallest absolute Gasteiger partial charge is 0.235 e. The second-order valence-corrected chi connectivity index (χ2v) is 17.2. The van der Waals surface area contributed by atoms with Crippen LogP contribution in [0.3, 0.4) is 0 Å². The van der Waals surface area contributed by atoms with Crippen molar-refractivity contribution in [1.29, 1.82) is 0 Å². The minimum Gasteiger partial charge on any atom is -0.318 e. The average Bonchev–Trinajstić information content (AvgIpc) is 3.89. The number of para-hydroxylation sites is 6. The fraction of sp³-hybridized carbons (Fsp3) is 0.0333. The van der Waals surface area contributed by atoms with Gasteiger partial charge in [-0.05, 0) is 93.1 Å². The highest BCUT2D eigenvalue weighted by molar-refractivity contribution is 6.22. The van der Waals surface area contributed by atoms with E-state index >= 15 is 0 Å². The third-order valence-corrected chi connectivity index (χ3v) is 14.0. The molecule has 2 unspecified atom stereocenters. The highest BCUT2D eigenvalue weighted by Gasteiger charge is 2.49. The second-order valence-electron chi connectivity index (χ2n) is 17.2. The van der Waals surface area contributed by atoms with Crippen molar-refractivity contribution < 1.29 is 0 Å². The van der Waals surface area contributed by atoms with Crippen LogP contribution in [0.15, 0.2) is 231 Å². The van der Waals surface area contributed by atoms with E-state index in [0.29, 0.717) is 0 Å². The number of hydrogen-bond donors (Lipinski definition) is 0. The molecule has 298 valence electrons. The predicted octanol–water partition coefficient (Wildman–Crippen LogP) is 14.2. The lowest BCUT2D eigenvalue weighted by atomic mass is 9.89. The molecule has 4 heterocycles. The molecule has 0 N–H and O–H groups in total. The van der Waals surface area contributed by atoms with Crippen LogP contribution in [0.2, 0.25) is 0 Å². The first-order valence-electron chi connectivity index (χ1n) is 22.3. The molecule has 2 atom stereocenters. The summed E-state index contributed by atoms with van der Waals surface area (Å²) in [7, 11) is 0. The van der Waals surface area contributed by atoms with Gasteiger partial charge in [0, 0.05) is 59.7 Å². The number of hydrogen-bond acceptors (Lipinski definition) is 2. The molecule has 4 heteroatoms. The van der Waals surface area contributed by atoms with Crippen molar-refractivity contribution in [2.24, 2.45) is 0 Å². The van der Waals surface area contributed by atoms with Crippen LogP contribution in [0.1, 0.15) is 11.1 Å². The van der Waals surface area contributed by atoms with E-state index in [0.717, 1.165) is 11.4 Å². The molecule has 0 saturated carbocycles. The van der Waals surface area contributed by atoms with Crippen LogP contribution in [0.4, 0.5) is 45.5 Å². The first-order valence-corrected chi connectivity index (χ1v) is 22.3. The highest BCUT2D eigenvalue weighted by Crippen LogP contribution is 2.54. The molecular weight excluding hydrogens is 777 g/mol. The maximum atomic E-state index is 2.52. The zero-order valence-electron chi connectivity index (χ0n) is 34.9. The predicted molar refractivity (Wildman–Crippen MR) is 268 cm³/mol. The van der Waals surface area contributed by atoms with Crippen LogP contribution in [-0.2, 0) is 0 Å². The molecular formula is C60H40N4+2. The minimum absolute atomic E-state index is 0.127. The summed E-state index contributed by atoms with van der Waals surface area (Å²) < 4.78 is 4.93. The SMILES string of the molecule is C1=CC2=[N+](c3ccc(-c4ccccc4-c4ccccc4-c4ccc([N+]5=C6C=CC=C7c8ccccc8N(c8ccccc85)C76)cc4)cc3)c3ccccc3N3c4ccccc4C(=C1)C23. The number of rotatable bonds is 5. The molecule has 4 nitrogen and oxygen atoms in total. The summed E-state index contributed by atoms with van der Waals surface area (Å²) in [6.07, 6.45) is 13.6. The molecule has 8 aromatic rings. The Kier molecular flexibility index (Phi) is 7.48. The summed E-state index contributed by atoms with van der Waals surface area (Å²) in [5.74, 6) is 0. The molecule has 6 aliphatic rings. The normalized spacial score (nSPS) is 17.9. The Balaban J connectivity index is 0.828. The molecule has 64 heavy (non-hydrogen) atoms. The second kappa shape index (κ2) is 13.6. The van der Waals surface area contributed by atoms with Crippen molar-refractivity contribution in [2.75, 3.05) is 9.80 Å². The minimum atomic E-state index is 0.127. The van der Waals surface area contributed by atoms with Gasteiger partial charge in [-0.3, -0.25) is 0 Å². The van der Waals surface area contributed by atoms with Gasteiger partial charge in [-0.25, -0.2) is 0 Å². The summed E-state index contributed by atoms with van der Waals surface area (Å²) in [4.78, 5) is 5.05. The van der Waals surface area contributed by atoms with Gasteiger partial charge in [-0.2, -0.15) is 9.15 Å². The molecule has 0 bridgehead atoms. The molecule has 2 aliphatic carbocycles. The Bertz CT molecular complexity index is 3270. The number of benzene rings is 8. The van der Waals surface area contributed by atoms with Gasteiger partial charge in [0.1, 0.15) is 23.5 Å². The molecule has 0 fully saturated rings. The van der Waals surface area contributed by atoms with E-state index in [-0.39, 0.29) is 12.1 Å². The van der Waals surface area contributed by atoms with Crippen molar-refractivity contribution >= 4 is 68.1 Å². The summed E-state index contributed by atoms with van der Waals surface area (Å²) in [6.45, 7) is 0. The largest absolute Gasteiger partial charge is 0.318 e. The lowest BCUT2D eigenvalue weighted by Crippen LogP contribution is -2.43. The van der Waals surface area contributed by atoms with Crippen LogP contribution in [-0.4, -0.2) is 23.5 Å². The first-order chi connectivity index (χ1) is 31.8. The fourth-order valence-corrected chi connectivity index (χ4v) is 11.4. The number of anilines is 4. The van der Waals surface area contributed by atoms with Gasteiger partial charge in [0.2, 0.25) is 34.2 Å². The van der Waals surface area contributed by atoms with Crippen LogP contribution < -0.4 is 19.0 Å².